The van der Waals surface area contributed by atoms with E-state index in [0.717, 1.165) is 24.8 Å². The van der Waals surface area contributed by atoms with Gasteiger partial charge in [0, 0.05) is 25.9 Å². The molecule has 0 heterocycles. The zero-order valence-corrected chi connectivity index (χ0v) is 8.82. The Kier molecular flexibility index (Phi) is 6.99. The molecule has 0 amide bonds. The number of guanidine groups is 1. The third-order valence-electron chi connectivity index (χ3n) is 1.43. The number of hydrogen-bond donors (Lipinski definition) is 2. The second kappa shape index (κ2) is 7.24. The summed E-state index contributed by atoms with van der Waals surface area (Å²) in [5, 5.41) is 0. The van der Waals surface area contributed by atoms with E-state index in [2.05, 4.69) is 16.7 Å². The molecule has 5 heteroatoms. The van der Waals surface area contributed by atoms with Crippen LogP contribution < -0.4 is 11.3 Å². The van der Waals surface area contributed by atoms with Gasteiger partial charge in [-0.25, -0.2) is 5.84 Å². The van der Waals surface area contributed by atoms with Crippen LogP contribution in [0.15, 0.2) is 4.99 Å². The molecule has 0 unspecified atom stereocenters. The number of thioether (sulfide) groups is 1. The maximum absolute atomic E-state index is 5.30. The molecule has 0 aromatic heterocycles. The van der Waals surface area contributed by atoms with Crippen LogP contribution >= 0.6 is 11.8 Å². The number of hydrogen-bond acceptors (Lipinski definition) is 3. The summed E-state index contributed by atoms with van der Waals surface area (Å²) in [5.74, 6) is 7.14. The van der Waals surface area contributed by atoms with E-state index in [0.29, 0.717) is 0 Å². The van der Waals surface area contributed by atoms with Gasteiger partial charge in [-0.1, -0.05) is 0 Å². The van der Waals surface area contributed by atoms with Crippen LogP contribution in [0.2, 0.25) is 0 Å². The van der Waals surface area contributed by atoms with Crippen LogP contribution in [0.1, 0.15) is 6.92 Å². The normalized spacial score (nSPS) is 11.5. The van der Waals surface area contributed by atoms with Gasteiger partial charge in [-0.3, -0.25) is 10.4 Å². The number of rotatable bonds is 4. The summed E-state index contributed by atoms with van der Waals surface area (Å²) in [5.41, 5.74) is 2.58. The summed E-state index contributed by atoms with van der Waals surface area (Å²) in [6.45, 7) is 3.70. The molecule has 0 aliphatic heterocycles. The third-order valence-corrected chi connectivity index (χ3v) is 2.02. The molecular weight excluding hydrogens is 172 g/mol. The quantitative estimate of drug-likeness (QED) is 0.286. The molecule has 0 atom stereocenters. The Labute approximate surface area is 78.6 Å². The molecule has 0 rings (SSSR count). The molecular formula is C7H18N4S. The van der Waals surface area contributed by atoms with Crippen LogP contribution in [0.3, 0.4) is 0 Å². The zero-order chi connectivity index (χ0) is 9.40. The Bertz CT molecular complexity index is 137. The van der Waals surface area contributed by atoms with Gasteiger partial charge in [-0.05, 0) is 13.2 Å². The molecule has 0 bridgehead atoms. The summed E-state index contributed by atoms with van der Waals surface area (Å²) < 4.78 is 0. The summed E-state index contributed by atoms with van der Waals surface area (Å²) in [4.78, 5) is 6.21. The molecule has 0 aliphatic carbocycles. The number of aliphatic imine (C=N–C) groups is 1. The second-order valence-electron chi connectivity index (χ2n) is 2.36. The van der Waals surface area contributed by atoms with Crippen molar-refractivity contribution >= 4 is 17.7 Å². The van der Waals surface area contributed by atoms with E-state index < -0.39 is 0 Å². The highest BCUT2D eigenvalue weighted by atomic mass is 32.2. The second-order valence-corrected chi connectivity index (χ2v) is 3.34. The highest BCUT2D eigenvalue weighted by molar-refractivity contribution is 7.98. The fraction of sp³-hybridized carbons (Fsp3) is 0.857. The topological polar surface area (TPSA) is 53.6 Å². The van der Waals surface area contributed by atoms with E-state index in [1.54, 1.807) is 0 Å². The first-order chi connectivity index (χ1) is 5.76. The summed E-state index contributed by atoms with van der Waals surface area (Å²) in [6.07, 6.45) is 2.08. The maximum atomic E-state index is 5.30. The minimum absolute atomic E-state index is 0.753. The van der Waals surface area contributed by atoms with E-state index in [9.17, 15) is 0 Å². The van der Waals surface area contributed by atoms with Crippen molar-refractivity contribution in [2.75, 3.05) is 32.1 Å². The van der Waals surface area contributed by atoms with Crippen LogP contribution in [-0.2, 0) is 0 Å². The SMILES string of the molecule is CCN=C(NN)N(C)CCSC. The van der Waals surface area contributed by atoms with E-state index >= 15 is 0 Å². The summed E-state index contributed by atoms with van der Waals surface area (Å²) in [7, 11) is 1.98. The standard InChI is InChI=1S/C7H18N4S/c1-4-9-7(10-8)11(2)5-6-12-3/h4-6,8H2,1-3H3,(H,9,10). The molecule has 0 fully saturated rings. The van der Waals surface area contributed by atoms with Crippen LogP contribution in [0.4, 0.5) is 0 Å². The number of hydrazine groups is 1. The fourth-order valence-electron chi connectivity index (χ4n) is 0.760. The maximum Gasteiger partial charge on any atom is 0.208 e. The van der Waals surface area contributed by atoms with Crippen molar-refractivity contribution < 1.29 is 0 Å². The Balaban J connectivity index is 3.85. The third kappa shape index (κ3) is 4.46. The van der Waals surface area contributed by atoms with Crippen LogP contribution in [-0.4, -0.2) is 43.0 Å². The van der Waals surface area contributed by atoms with Gasteiger partial charge < -0.3 is 4.90 Å². The monoisotopic (exact) mass is 190 g/mol. The highest BCUT2D eigenvalue weighted by Crippen LogP contribution is 1.93. The first-order valence-electron chi connectivity index (χ1n) is 3.97. The van der Waals surface area contributed by atoms with Crippen molar-refractivity contribution in [3.63, 3.8) is 0 Å². The minimum atomic E-state index is 0.753. The Hall–Kier alpha value is -0.420. The Morgan fingerprint density at radius 2 is 2.33 bits per heavy atom. The predicted molar refractivity (Wildman–Crippen MR) is 56.3 cm³/mol. The van der Waals surface area contributed by atoms with Crippen LogP contribution in [0.25, 0.3) is 0 Å². The highest BCUT2D eigenvalue weighted by Gasteiger charge is 2.01. The van der Waals surface area contributed by atoms with Gasteiger partial charge in [0.2, 0.25) is 5.96 Å². The number of nitrogens with zero attached hydrogens (tertiary/aromatic N) is 2. The molecule has 3 N–H and O–H groups in total. The van der Waals surface area contributed by atoms with E-state index in [-0.39, 0.29) is 0 Å². The van der Waals surface area contributed by atoms with Gasteiger partial charge in [0.1, 0.15) is 0 Å². The molecule has 0 aromatic carbocycles. The lowest BCUT2D eigenvalue weighted by Gasteiger charge is -2.19. The van der Waals surface area contributed by atoms with Gasteiger partial charge in [-0.15, -0.1) is 0 Å². The van der Waals surface area contributed by atoms with Crippen molar-refractivity contribution in [2.45, 2.75) is 6.92 Å². The van der Waals surface area contributed by atoms with Crippen molar-refractivity contribution in [3.8, 4) is 0 Å². The summed E-state index contributed by atoms with van der Waals surface area (Å²) >= 11 is 1.81. The molecule has 0 spiro atoms. The van der Waals surface area contributed by atoms with Gasteiger partial charge in [0.15, 0.2) is 0 Å². The molecule has 0 radical (unpaired) electrons. The molecule has 0 aliphatic rings. The zero-order valence-electron chi connectivity index (χ0n) is 8.00. The van der Waals surface area contributed by atoms with E-state index in [4.69, 9.17) is 5.84 Å². The lowest BCUT2D eigenvalue weighted by atomic mass is 10.6. The fourth-order valence-corrected chi connectivity index (χ4v) is 1.22. The molecule has 0 saturated heterocycles. The predicted octanol–water partition coefficient (Wildman–Crippen LogP) is 0.120. The lowest BCUT2D eigenvalue weighted by Crippen LogP contribution is -2.43. The molecule has 0 aromatic rings. The number of nitrogens with one attached hydrogen (secondary N) is 1. The van der Waals surface area contributed by atoms with Crippen molar-refractivity contribution in [1.29, 1.82) is 0 Å². The lowest BCUT2D eigenvalue weighted by molar-refractivity contribution is 0.514. The first kappa shape index (κ1) is 11.6. The van der Waals surface area contributed by atoms with Gasteiger partial charge in [0.25, 0.3) is 0 Å². The molecule has 12 heavy (non-hydrogen) atoms. The first-order valence-corrected chi connectivity index (χ1v) is 5.36. The average Bonchev–Trinajstić information content (AvgIpc) is 2.10. The van der Waals surface area contributed by atoms with Crippen molar-refractivity contribution in [1.82, 2.24) is 10.3 Å². The molecule has 72 valence electrons. The van der Waals surface area contributed by atoms with Crippen LogP contribution in [0.5, 0.6) is 0 Å². The van der Waals surface area contributed by atoms with Crippen molar-refractivity contribution in [2.24, 2.45) is 10.8 Å². The number of nitrogens with two attached hydrogens (primary N) is 1. The van der Waals surface area contributed by atoms with Crippen LogP contribution in [0, 0.1) is 0 Å². The smallest absolute Gasteiger partial charge is 0.208 e. The summed E-state index contributed by atoms with van der Waals surface area (Å²) in [6, 6.07) is 0. The van der Waals surface area contributed by atoms with E-state index in [1.807, 2.05) is 30.6 Å². The van der Waals surface area contributed by atoms with Gasteiger partial charge in [-0.2, -0.15) is 11.8 Å². The molecule has 0 saturated carbocycles. The Morgan fingerprint density at radius 1 is 1.67 bits per heavy atom. The largest absolute Gasteiger partial charge is 0.344 e. The minimum Gasteiger partial charge on any atom is -0.344 e. The van der Waals surface area contributed by atoms with Gasteiger partial charge >= 0.3 is 0 Å². The van der Waals surface area contributed by atoms with E-state index in [1.165, 1.54) is 0 Å². The van der Waals surface area contributed by atoms with Gasteiger partial charge in [0.05, 0.1) is 0 Å². The average molecular weight is 190 g/mol. The Morgan fingerprint density at radius 3 is 2.75 bits per heavy atom. The molecule has 4 nitrogen and oxygen atoms in total. The van der Waals surface area contributed by atoms with Crippen molar-refractivity contribution in [3.05, 3.63) is 0 Å².